The van der Waals surface area contributed by atoms with Gasteiger partial charge < -0.3 is 9.88 Å². The van der Waals surface area contributed by atoms with Crippen LogP contribution >= 0.6 is 0 Å². The lowest BCUT2D eigenvalue weighted by molar-refractivity contribution is 0.0935. The second kappa shape index (κ2) is 6.83. The summed E-state index contributed by atoms with van der Waals surface area (Å²) in [6.45, 7) is 4.02. The highest BCUT2D eigenvalue weighted by atomic mass is 16.2. The van der Waals surface area contributed by atoms with Crippen LogP contribution in [0.25, 0.3) is 16.7 Å². The van der Waals surface area contributed by atoms with Crippen molar-refractivity contribution in [2.45, 2.75) is 38.3 Å². The van der Waals surface area contributed by atoms with Crippen LogP contribution in [0.3, 0.4) is 0 Å². The van der Waals surface area contributed by atoms with Crippen molar-refractivity contribution < 1.29 is 4.79 Å². The standard InChI is InChI=1S/C20H21N5O2/c1-2-10-25-17(21)14(19(26)22-13-7-3-4-8-13)12-15-18(25)23-16-9-5-6-11-24(16)20(15)27/h2,5-6,9,11-13,21H,1,3-4,7-8,10H2,(H,22,26). The second-order valence-corrected chi connectivity index (χ2v) is 6.84. The number of allylic oxidation sites excluding steroid dienone is 1. The second-order valence-electron chi connectivity index (χ2n) is 6.84. The van der Waals surface area contributed by atoms with Gasteiger partial charge in [0.25, 0.3) is 11.5 Å². The molecule has 0 spiro atoms. The van der Waals surface area contributed by atoms with Crippen molar-refractivity contribution in [3.63, 3.8) is 0 Å². The van der Waals surface area contributed by atoms with Crippen LogP contribution in [0.4, 0.5) is 0 Å². The van der Waals surface area contributed by atoms with Gasteiger partial charge in [0, 0.05) is 18.8 Å². The molecule has 0 bridgehead atoms. The zero-order valence-electron chi connectivity index (χ0n) is 14.9. The molecule has 7 nitrogen and oxygen atoms in total. The maximum absolute atomic E-state index is 13.0. The van der Waals surface area contributed by atoms with E-state index in [1.807, 2.05) is 0 Å². The zero-order chi connectivity index (χ0) is 19.0. The van der Waals surface area contributed by atoms with Gasteiger partial charge in [0.1, 0.15) is 16.8 Å². The maximum atomic E-state index is 13.0. The van der Waals surface area contributed by atoms with Crippen LogP contribution in [-0.4, -0.2) is 25.9 Å². The van der Waals surface area contributed by atoms with E-state index < -0.39 is 0 Å². The number of hydrogen-bond acceptors (Lipinski definition) is 4. The Morgan fingerprint density at radius 2 is 2.15 bits per heavy atom. The van der Waals surface area contributed by atoms with E-state index in [1.54, 1.807) is 35.0 Å². The lowest BCUT2D eigenvalue weighted by Crippen LogP contribution is -2.38. The predicted octanol–water partition coefficient (Wildman–Crippen LogP) is 1.99. The van der Waals surface area contributed by atoms with Crippen molar-refractivity contribution in [2.75, 3.05) is 0 Å². The molecule has 0 radical (unpaired) electrons. The minimum absolute atomic E-state index is 0.0325. The van der Waals surface area contributed by atoms with E-state index in [1.165, 1.54) is 10.5 Å². The molecule has 27 heavy (non-hydrogen) atoms. The lowest BCUT2D eigenvalue weighted by atomic mass is 10.1. The maximum Gasteiger partial charge on any atom is 0.267 e. The fourth-order valence-electron chi connectivity index (χ4n) is 3.70. The Morgan fingerprint density at radius 3 is 2.89 bits per heavy atom. The summed E-state index contributed by atoms with van der Waals surface area (Å²) in [6, 6.07) is 6.93. The quantitative estimate of drug-likeness (QED) is 0.548. The van der Waals surface area contributed by atoms with E-state index in [4.69, 9.17) is 5.41 Å². The average Bonchev–Trinajstić information content (AvgIpc) is 3.17. The molecule has 3 aromatic rings. The van der Waals surface area contributed by atoms with Gasteiger partial charge in [0.05, 0.1) is 10.9 Å². The van der Waals surface area contributed by atoms with Gasteiger partial charge in [-0.3, -0.25) is 19.4 Å². The van der Waals surface area contributed by atoms with Gasteiger partial charge in [0.15, 0.2) is 0 Å². The highest BCUT2D eigenvalue weighted by molar-refractivity contribution is 5.97. The first kappa shape index (κ1) is 17.2. The van der Waals surface area contributed by atoms with Crippen molar-refractivity contribution in [3.05, 3.63) is 64.5 Å². The average molecular weight is 363 g/mol. The van der Waals surface area contributed by atoms with Crippen molar-refractivity contribution in [1.29, 1.82) is 5.41 Å². The minimum Gasteiger partial charge on any atom is -0.349 e. The summed E-state index contributed by atoms with van der Waals surface area (Å²) in [5, 5.41) is 11.8. The van der Waals surface area contributed by atoms with Crippen LogP contribution < -0.4 is 16.4 Å². The summed E-state index contributed by atoms with van der Waals surface area (Å²) >= 11 is 0. The van der Waals surface area contributed by atoms with E-state index in [0.717, 1.165) is 25.7 Å². The number of aromatic nitrogens is 3. The summed E-state index contributed by atoms with van der Waals surface area (Å²) in [6.07, 6.45) is 7.38. The first-order valence-corrected chi connectivity index (χ1v) is 9.11. The van der Waals surface area contributed by atoms with E-state index in [9.17, 15) is 9.59 Å². The third-order valence-corrected chi connectivity index (χ3v) is 5.06. The van der Waals surface area contributed by atoms with Crippen LogP contribution in [-0.2, 0) is 6.54 Å². The molecule has 1 fully saturated rings. The molecule has 7 heteroatoms. The number of hydrogen-bond donors (Lipinski definition) is 2. The van der Waals surface area contributed by atoms with Gasteiger partial charge in [-0.05, 0) is 31.0 Å². The van der Waals surface area contributed by atoms with Crippen LogP contribution in [0.5, 0.6) is 0 Å². The molecule has 1 aliphatic rings. The van der Waals surface area contributed by atoms with E-state index in [2.05, 4.69) is 16.9 Å². The smallest absolute Gasteiger partial charge is 0.267 e. The van der Waals surface area contributed by atoms with Gasteiger partial charge in [-0.2, -0.15) is 0 Å². The Morgan fingerprint density at radius 1 is 1.37 bits per heavy atom. The van der Waals surface area contributed by atoms with Gasteiger partial charge in [-0.1, -0.05) is 25.0 Å². The van der Waals surface area contributed by atoms with Crippen molar-refractivity contribution in [1.82, 2.24) is 19.3 Å². The normalized spacial score (nSPS) is 14.7. The molecule has 0 saturated heterocycles. The molecule has 0 atom stereocenters. The highest BCUT2D eigenvalue weighted by Gasteiger charge is 2.21. The lowest BCUT2D eigenvalue weighted by Gasteiger charge is -2.15. The fraction of sp³-hybridized carbons (Fsp3) is 0.300. The van der Waals surface area contributed by atoms with Crippen LogP contribution in [0, 0.1) is 5.41 Å². The number of carbonyl (C=O) groups is 1. The molecule has 0 aromatic carbocycles. The van der Waals surface area contributed by atoms with Gasteiger partial charge in [0.2, 0.25) is 0 Å². The molecule has 0 aliphatic heterocycles. The van der Waals surface area contributed by atoms with E-state index >= 15 is 0 Å². The minimum atomic E-state index is -0.316. The van der Waals surface area contributed by atoms with Gasteiger partial charge >= 0.3 is 0 Å². The molecule has 2 N–H and O–H groups in total. The zero-order valence-corrected chi connectivity index (χ0v) is 14.9. The summed E-state index contributed by atoms with van der Waals surface area (Å²) in [5.41, 5.74) is 0.836. The van der Waals surface area contributed by atoms with E-state index in [-0.39, 0.29) is 35.1 Å². The Hall–Kier alpha value is -3.22. The number of fused-ring (bicyclic) bond motifs is 2. The van der Waals surface area contributed by atoms with Gasteiger partial charge in [-0.25, -0.2) is 4.98 Å². The third-order valence-electron chi connectivity index (χ3n) is 5.06. The Labute approximate surface area is 155 Å². The van der Waals surface area contributed by atoms with Crippen LogP contribution in [0.1, 0.15) is 36.0 Å². The number of nitrogens with one attached hydrogen (secondary N) is 2. The molecule has 0 unspecified atom stereocenters. The first-order chi connectivity index (χ1) is 13.1. The highest BCUT2D eigenvalue weighted by Crippen LogP contribution is 2.18. The van der Waals surface area contributed by atoms with E-state index in [0.29, 0.717) is 16.7 Å². The molecule has 138 valence electrons. The summed E-state index contributed by atoms with van der Waals surface area (Å²) in [4.78, 5) is 30.3. The number of rotatable bonds is 4. The Balaban J connectivity index is 1.95. The Kier molecular flexibility index (Phi) is 4.35. The first-order valence-electron chi connectivity index (χ1n) is 9.11. The molecular weight excluding hydrogens is 342 g/mol. The molecule has 3 aromatic heterocycles. The third kappa shape index (κ3) is 2.95. The summed E-state index contributed by atoms with van der Waals surface area (Å²) in [5.74, 6) is -0.316. The van der Waals surface area contributed by atoms with Crippen molar-refractivity contribution >= 4 is 22.6 Å². The molecule has 3 heterocycles. The SMILES string of the molecule is C=CCn1c(=N)c(C(=O)NC2CCCC2)cc2c(=O)n3ccccc3nc21. The Bertz CT molecular complexity index is 1170. The van der Waals surface area contributed by atoms with Crippen LogP contribution in [0.15, 0.2) is 47.9 Å². The molecular formula is C20H21N5O2. The largest absolute Gasteiger partial charge is 0.349 e. The molecule has 1 aliphatic carbocycles. The number of carbonyl (C=O) groups excluding carboxylic acids is 1. The monoisotopic (exact) mass is 363 g/mol. The topological polar surface area (TPSA) is 92.2 Å². The number of pyridine rings is 2. The number of nitrogens with zero attached hydrogens (tertiary/aromatic N) is 3. The molecule has 1 amide bonds. The van der Waals surface area contributed by atoms with Crippen LogP contribution in [0.2, 0.25) is 0 Å². The fourth-order valence-corrected chi connectivity index (χ4v) is 3.70. The molecule has 1 saturated carbocycles. The van der Waals surface area contributed by atoms with Gasteiger partial charge in [-0.15, -0.1) is 6.58 Å². The van der Waals surface area contributed by atoms with Crippen molar-refractivity contribution in [3.8, 4) is 0 Å². The predicted molar refractivity (Wildman–Crippen MR) is 103 cm³/mol. The molecule has 4 rings (SSSR count). The van der Waals surface area contributed by atoms with Crippen molar-refractivity contribution in [2.24, 2.45) is 0 Å². The number of amides is 1. The summed E-state index contributed by atoms with van der Waals surface area (Å²) in [7, 11) is 0. The summed E-state index contributed by atoms with van der Waals surface area (Å²) < 4.78 is 3.00.